The molecule has 0 radical (unpaired) electrons. The van der Waals surface area contributed by atoms with E-state index in [1.807, 2.05) is 55.1 Å². The van der Waals surface area contributed by atoms with Crippen LogP contribution in [-0.4, -0.2) is 33.1 Å². The first kappa shape index (κ1) is 16.1. The maximum Gasteiger partial charge on any atom is 0.298 e. The molecule has 0 spiro atoms. The number of hydrogen-bond donors (Lipinski definition) is 0. The molecule has 0 aliphatic carbocycles. The lowest BCUT2D eigenvalue weighted by molar-refractivity contribution is 0.0991. The Morgan fingerprint density at radius 1 is 1.22 bits per heavy atom. The number of benzene rings is 1. The third-order valence-electron chi connectivity index (χ3n) is 4.58. The lowest BCUT2D eigenvalue weighted by atomic mass is 10.3. The van der Waals surface area contributed by atoms with Gasteiger partial charge in [-0.05, 0) is 19.1 Å². The van der Waals surface area contributed by atoms with Crippen molar-refractivity contribution in [3.63, 3.8) is 0 Å². The van der Waals surface area contributed by atoms with E-state index in [1.54, 1.807) is 4.40 Å². The van der Waals surface area contributed by atoms with Crippen molar-refractivity contribution in [2.45, 2.75) is 6.92 Å². The number of amides is 1. The molecular formula is C19H16N4O3S. The maximum atomic E-state index is 12.9. The first-order valence-corrected chi connectivity index (χ1v) is 9.35. The average Bonchev–Trinajstić information content (AvgIpc) is 3.16. The highest BCUT2D eigenvalue weighted by Crippen LogP contribution is 2.35. The molecule has 7 nitrogen and oxygen atoms in total. The summed E-state index contributed by atoms with van der Waals surface area (Å²) in [5, 5.41) is 0. The average molecular weight is 380 g/mol. The maximum absolute atomic E-state index is 12.9. The van der Waals surface area contributed by atoms with E-state index < -0.39 is 0 Å². The number of carbonyl (C=O) groups is 1. The van der Waals surface area contributed by atoms with Crippen LogP contribution in [0.4, 0.5) is 0 Å². The fourth-order valence-electron chi connectivity index (χ4n) is 3.28. The smallest absolute Gasteiger partial charge is 0.298 e. The van der Waals surface area contributed by atoms with Crippen LogP contribution in [0.15, 0.2) is 41.5 Å². The van der Waals surface area contributed by atoms with Crippen molar-refractivity contribution in [3.05, 3.63) is 52.7 Å². The van der Waals surface area contributed by atoms with Crippen LogP contribution in [0.3, 0.4) is 0 Å². The van der Waals surface area contributed by atoms with Crippen molar-refractivity contribution < 1.29 is 14.3 Å². The van der Waals surface area contributed by atoms with Crippen molar-refractivity contribution in [2.75, 3.05) is 13.2 Å². The Morgan fingerprint density at radius 3 is 2.81 bits per heavy atom. The van der Waals surface area contributed by atoms with Gasteiger partial charge < -0.3 is 14.0 Å². The van der Waals surface area contributed by atoms with Crippen LogP contribution in [0.1, 0.15) is 16.2 Å². The largest absolute Gasteiger partial charge is 0.486 e. The van der Waals surface area contributed by atoms with Gasteiger partial charge in [0.15, 0.2) is 16.3 Å². The third kappa shape index (κ3) is 2.52. The van der Waals surface area contributed by atoms with Gasteiger partial charge in [0.1, 0.15) is 24.6 Å². The molecule has 0 unspecified atom stereocenters. The summed E-state index contributed by atoms with van der Waals surface area (Å²) in [5.74, 6) is 1.13. The zero-order chi connectivity index (χ0) is 18.5. The summed E-state index contributed by atoms with van der Waals surface area (Å²) in [6, 6.07) is 9.51. The van der Waals surface area contributed by atoms with Crippen LogP contribution in [0.5, 0.6) is 11.5 Å². The van der Waals surface area contributed by atoms with Gasteiger partial charge in [0, 0.05) is 25.4 Å². The summed E-state index contributed by atoms with van der Waals surface area (Å²) in [6.45, 7) is 2.90. The number of nitrogens with zero attached hydrogens (tertiary/aromatic N) is 4. The van der Waals surface area contributed by atoms with E-state index in [0.29, 0.717) is 29.4 Å². The number of thiazole rings is 1. The van der Waals surface area contributed by atoms with E-state index in [1.165, 1.54) is 11.3 Å². The zero-order valence-electron chi connectivity index (χ0n) is 14.8. The minimum atomic E-state index is -0.314. The Kier molecular flexibility index (Phi) is 3.54. The minimum absolute atomic E-state index is 0.314. The molecule has 1 aliphatic rings. The second-order valence-electron chi connectivity index (χ2n) is 6.30. The second-order valence-corrected chi connectivity index (χ2v) is 7.31. The van der Waals surface area contributed by atoms with E-state index in [4.69, 9.17) is 9.47 Å². The quantitative estimate of drug-likeness (QED) is 0.509. The standard InChI is InChI=1S/C19H16N4O3S/c1-11-17(23-6-4-3-5-16(23)20-11)18(24)21-19-22(2)12-9-13-14(10-15(12)27-19)26-8-7-25-13/h3-6,9-10H,7-8H2,1-2H3. The number of fused-ring (bicyclic) bond motifs is 3. The molecule has 3 aromatic heterocycles. The predicted octanol–water partition coefficient (Wildman–Crippen LogP) is 2.71. The van der Waals surface area contributed by atoms with Gasteiger partial charge in [-0.25, -0.2) is 4.98 Å². The van der Waals surface area contributed by atoms with Gasteiger partial charge >= 0.3 is 0 Å². The van der Waals surface area contributed by atoms with Crippen molar-refractivity contribution >= 4 is 33.1 Å². The molecule has 0 saturated carbocycles. The van der Waals surface area contributed by atoms with Crippen molar-refractivity contribution in [2.24, 2.45) is 12.0 Å². The Morgan fingerprint density at radius 2 is 2.00 bits per heavy atom. The molecule has 5 rings (SSSR count). The second kappa shape index (κ2) is 5.95. The molecule has 4 heterocycles. The summed E-state index contributed by atoms with van der Waals surface area (Å²) in [6.07, 6.45) is 1.83. The fourth-order valence-corrected chi connectivity index (χ4v) is 4.31. The molecule has 1 amide bonds. The van der Waals surface area contributed by atoms with E-state index in [9.17, 15) is 4.79 Å². The first-order valence-electron chi connectivity index (χ1n) is 8.54. The van der Waals surface area contributed by atoms with Gasteiger partial charge in [0.2, 0.25) is 0 Å². The Labute approximate surface area is 158 Å². The molecule has 0 N–H and O–H groups in total. The Hall–Kier alpha value is -3.13. The van der Waals surface area contributed by atoms with Gasteiger partial charge in [-0.15, -0.1) is 0 Å². The SMILES string of the molecule is Cc1nc2ccccn2c1C(=O)N=c1sc2cc3c(cc2n1C)OCCO3. The van der Waals surface area contributed by atoms with E-state index in [-0.39, 0.29) is 5.91 Å². The third-order valence-corrected chi connectivity index (χ3v) is 5.67. The van der Waals surface area contributed by atoms with Crippen LogP contribution >= 0.6 is 11.3 Å². The predicted molar refractivity (Wildman–Crippen MR) is 102 cm³/mol. The molecule has 27 heavy (non-hydrogen) atoms. The number of pyridine rings is 1. The minimum Gasteiger partial charge on any atom is -0.486 e. The van der Waals surface area contributed by atoms with Crippen molar-refractivity contribution in [3.8, 4) is 11.5 Å². The number of rotatable bonds is 1. The lowest BCUT2D eigenvalue weighted by Gasteiger charge is -2.18. The monoisotopic (exact) mass is 380 g/mol. The molecule has 0 bridgehead atoms. The van der Waals surface area contributed by atoms with Gasteiger partial charge in [-0.1, -0.05) is 17.4 Å². The molecule has 0 atom stereocenters. The molecule has 8 heteroatoms. The van der Waals surface area contributed by atoms with E-state index >= 15 is 0 Å². The van der Waals surface area contributed by atoms with Crippen LogP contribution in [0.2, 0.25) is 0 Å². The van der Waals surface area contributed by atoms with E-state index in [2.05, 4.69) is 9.98 Å². The number of imidazole rings is 1. The van der Waals surface area contributed by atoms with Crippen molar-refractivity contribution in [1.82, 2.24) is 14.0 Å². The van der Waals surface area contributed by atoms with Crippen LogP contribution in [0.25, 0.3) is 15.9 Å². The molecule has 1 aromatic carbocycles. The number of ether oxygens (including phenoxy) is 2. The topological polar surface area (TPSA) is 70.1 Å². The van der Waals surface area contributed by atoms with Gasteiger partial charge in [-0.3, -0.25) is 9.20 Å². The molecule has 1 aliphatic heterocycles. The normalized spacial score (nSPS) is 14.2. The van der Waals surface area contributed by atoms with Gasteiger partial charge in [0.05, 0.1) is 15.9 Å². The van der Waals surface area contributed by atoms with Crippen LogP contribution in [0, 0.1) is 6.92 Å². The van der Waals surface area contributed by atoms with Gasteiger partial charge in [-0.2, -0.15) is 4.99 Å². The Balaban J connectivity index is 1.66. The highest BCUT2D eigenvalue weighted by molar-refractivity contribution is 7.16. The summed E-state index contributed by atoms with van der Waals surface area (Å²) >= 11 is 1.44. The summed E-state index contributed by atoms with van der Waals surface area (Å²) in [5.41, 5.74) is 2.83. The van der Waals surface area contributed by atoms with E-state index in [0.717, 1.165) is 27.4 Å². The fraction of sp³-hybridized carbons (Fsp3) is 0.211. The summed E-state index contributed by atoms with van der Waals surface area (Å²) in [7, 11) is 1.89. The molecule has 136 valence electrons. The Bertz CT molecular complexity index is 1280. The lowest BCUT2D eigenvalue weighted by Crippen LogP contribution is -2.16. The highest BCUT2D eigenvalue weighted by atomic mass is 32.1. The first-order chi connectivity index (χ1) is 13.1. The summed E-state index contributed by atoms with van der Waals surface area (Å²) < 4.78 is 16.0. The molecule has 0 fully saturated rings. The highest BCUT2D eigenvalue weighted by Gasteiger charge is 2.18. The zero-order valence-corrected chi connectivity index (χ0v) is 15.6. The number of hydrogen-bond acceptors (Lipinski definition) is 5. The summed E-state index contributed by atoms with van der Waals surface area (Å²) in [4.78, 5) is 22.3. The van der Waals surface area contributed by atoms with Crippen molar-refractivity contribution in [1.29, 1.82) is 0 Å². The number of aromatic nitrogens is 3. The number of aryl methyl sites for hydroxylation is 2. The van der Waals surface area contributed by atoms with Crippen LogP contribution in [-0.2, 0) is 7.05 Å². The molecule has 4 aromatic rings. The van der Waals surface area contributed by atoms with Crippen LogP contribution < -0.4 is 14.3 Å². The van der Waals surface area contributed by atoms with Gasteiger partial charge in [0.25, 0.3) is 5.91 Å². The molecular weight excluding hydrogens is 364 g/mol. The number of carbonyl (C=O) groups excluding carboxylic acids is 1. The molecule has 0 saturated heterocycles.